The van der Waals surface area contributed by atoms with Gasteiger partial charge in [-0.15, -0.1) is 10.2 Å². The lowest BCUT2D eigenvalue weighted by atomic mass is 10.1. The van der Waals surface area contributed by atoms with E-state index < -0.39 is 11.7 Å². The largest absolute Gasteiger partial charge is 0.418 e. The quantitative estimate of drug-likeness (QED) is 0.568. The molecule has 11 heteroatoms. The standard InChI is InChI=1S/C16H9ClF3N7/c17-9-3-5-10(6-4-9)23-14-25-26-15-24-12(8-22-27(14)15)13-11(16(18,19)20)2-1-7-21-13/h1-8H,(H,23,25). The molecule has 0 fully saturated rings. The molecule has 3 heterocycles. The molecule has 0 spiro atoms. The van der Waals surface area contributed by atoms with E-state index in [0.717, 1.165) is 6.07 Å². The number of benzene rings is 1. The molecule has 0 unspecified atom stereocenters. The average molecular weight is 392 g/mol. The summed E-state index contributed by atoms with van der Waals surface area (Å²) in [4.78, 5) is 7.90. The first-order valence-corrected chi connectivity index (χ1v) is 7.93. The van der Waals surface area contributed by atoms with Crippen LogP contribution in [0.25, 0.3) is 17.2 Å². The molecule has 7 nitrogen and oxygen atoms in total. The van der Waals surface area contributed by atoms with E-state index in [4.69, 9.17) is 11.6 Å². The van der Waals surface area contributed by atoms with E-state index in [2.05, 4.69) is 30.6 Å². The number of anilines is 2. The average Bonchev–Trinajstić information content (AvgIpc) is 3.05. The maximum Gasteiger partial charge on any atom is 0.418 e. The number of hydrogen-bond acceptors (Lipinski definition) is 6. The Morgan fingerprint density at radius 3 is 2.56 bits per heavy atom. The Morgan fingerprint density at radius 1 is 1.04 bits per heavy atom. The van der Waals surface area contributed by atoms with Gasteiger partial charge in [0.2, 0.25) is 0 Å². The molecule has 0 bridgehead atoms. The Kier molecular flexibility index (Phi) is 4.11. The summed E-state index contributed by atoms with van der Waals surface area (Å²) >= 11 is 5.84. The van der Waals surface area contributed by atoms with Crippen LogP contribution in [0.15, 0.2) is 48.8 Å². The second-order valence-corrected chi connectivity index (χ2v) is 5.84. The highest BCUT2D eigenvalue weighted by atomic mass is 35.5. The minimum absolute atomic E-state index is 0.0303. The van der Waals surface area contributed by atoms with Crippen LogP contribution in [0.2, 0.25) is 5.02 Å². The fourth-order valence-electron chi connectivity index (χ4n) is 2.39. The summed E-state index contributed by atoms with van der Waals surface area (Å²) in [7, 11) is 0. The molecule has 0 aliphatic carbocycles. The molecule has 1 N–H and O–H groups in total. The molecular formula is C16H9ClF3N7. The smallest absolute Gasteiger partial charge is 0.323 e. The van der Waals surface area contributed by atoms with Crippen molar-refractivity contribution in [2.75, 3.05) is 5.32 Å². The molecular weight excluding hydrogens is 383 g/mol. The Bertz CT molecular complexity index is 1110. The van der Waals surface area contributed by atoms with Gasteiger partial charge in [0.1, 0.15) is 11.4 Å². The lowest BCUT2D eigenvalue weighted by Gasteiger charge is -2.10. The van der Waals surface area contributed by atoms with E-state index in [1.54, 1.807) is 24.3 Å². The van der Waals surface area contributed by atoms with Gasteiger partial charge >= 0.3 is 6.18 Å². The van der Waals surface area contributed by atoms with Gasteiger partial charge in [-0.25, -0.2) is 4.98 Å². The Labute approximate surface area is 154 Å². The van der Waals surface area contributed by atoms with Crippen molar-refractivity contribution in [2.45, 2.75) is 6.18 Å². The van der Waals surface area contributed by atoms with Crippen molar-refractivity contribution >= 4 is 29.0 Å². The molecule has 4 aromatic rings. The fraction of sp³-hybridized carbons (Fsp3) is 0.0625. The van der Waals surface area contributed by atoms with E-state index in [9.17, 15) is 13.2 Å². The summed E-state index contributed by atoms with van der Waals surface area (Å²) in [6.07, 6.45) is -2.12. The van der Waals surface area contributed by atoms with Gasteiger partial charge in [0.25, 0.3) is 11.7 Å². The van der Waals surface area contributed by atoms with Crippen LogP contribution in [0.1, 0.15) is 5.56 Å². The third-order valence-corrected chi connectivity index (χ3v) is 3.85. The Balaban J connectivity index is 1.72. The molecule has 0 radical (unpaired) electrons. The highest BCUT2D eigenvalue weighted by Crippen LogP contribution is 2.34. The van der Waals surface area contributed by atoms with Crippen molar-refractivity contribution in [2.24, 2.45) is 0 Å². The number of fused-ring (bicyclic) bond motifs is 1. The third-order valence-electron chi connectivity index (χ3n) is 3.60. The molecule has 0 aliphatic heterocycles. The summed E-state index contributed by atoms with van der Waals surface area (Å²) in [5, 5.41) is 15.4. The second-order valence-electron chi connectivity index (χ2n) is 5.41. The van der Waals surface area contributed by atoms with Gasteiger partial charge in [-0.1, -0.05) is 11.6 Å². The minimum atomic E-state index is -4.56. The summed E-state index contributed by atoms with van der Waals surface area (Å²) in [6.45, 7) is 0. The number of nitrogens with one attached hydrogen (secondary N) is 1. The molecule has 0 saturated carbocycles. The Morgan fingerprint density at radius 2 is 1.81 bits per heavy atom. The normalized spacial score (nSPS) is 11.7. The first-order chi connectivity index (χ1) is 12.9. The van der Waals surface area contributed by atoms with Gasteiger partial charge in [0.15, 0.2) is 0 Å². The van der Waals surface area contributed by atoms with Gasteiger partial charge in [0, 0.05) is 16.9 Å². The predicted molar refractivity (Wildman–Crippen MR) is 91.5 cm³/mol. The molecule has 1 aromatic carbocycles. The van der Waals surface area contributed by atoms with Gasteiger partial charge in [-0.2, -0.15) is 22.8 Å². The van der Waals surface area contributed by atoms with Crippen molar-refractivity contribution in [1.29, 1.82) is 0 Å². The van der Waals surface area contributed by atoms with Crippen molar-refractivity contribution in [1.82, 2.24) is 29.8 Å². The monoisotopic (exact) mass is 391 g/mol. The van der Waals surface area contributed by atoms with Gasteiger partial charge in [0.05, 0.1) is 11.8 Å². The SMILES string of the molecule is FC(F)(F)c1cccnc1-c1cnn2c(Nc3ccc(Cl)cc3)nnc2n1. The fourth-order valence-corrected chi connectivity index (χ4v) is 2.52. The zero-order chi connectivity index (χ0) is 19.0. The van der Waals surface area contributed by atoms with Gasteiger partial charge < -0.3 is 5.32 Å². The second kappa shape index (κ2) is 6.47. The maximum atomic E-state index is 13.2. The first kappa shape index (κ1) is 17.2. The molecule has 0 amide bonds. The van der Waals surface area contributed by atoms with Crippen molar-refractivity contribution in [3.63, 3.8) is 0 Å². The zero-order valence-electron chi connectivity index (χ0n) is 13.3. The van der Waals surface area contributed by atoms with Crippen molar-refractivity contribution in [3.05, 3.63) is 59.4 Å². The number of aromatic nitrogens is 6. The third kappa shape index (κ3) is 3.38. The number of alkyl halides is 3. The maximum absolute atomic E-state index is 13.2. The molecule has 27 heavy (non-hydrogen) atoms. The van der Waals surface area contributed by atoms with Crippen LogP contribution >= 0.6 is 11.6 Å². The Hall–Kier alpha value is -3.27. The van der Waals surface area contributed by atoms with Crippen LogP contribution in [0, 0.1) is 0 Å². The van der Waals surface area contributed by atoms with Crippen LogP contribution in [-0.4, -0.2) is 29.8 Å². The molecule has 4 rings (SSSR count). The molecule has 136 valence electrons. The van der Waals surface area contributed by atoms with Gasteiger partial charge in [-0.05, 0) is 36.4 Å². The number of pyridine rings is 1. The van der Waals surface area contributed by atoms with Crippen molar-refractivity contribution in [3.8, 4) is 11.4 Å². The van der Waals surface area contributed by atoms with Crippen LogP contribution in [0.3, 0.4) is 0 Å². The molecule has 0 atom stereocenters. The number of rotatable bonds is 3. The minimum Gasteiger partial charge on any atom is -0.323 e. The highest BCUT2D eigenvalue weighted by molar-refractivity contribution is 6.30. The number of halogens is 4. The topological polar surface area (TPSA) is 80.9 Å². The molecule has 3 aromatic heterocycles. The molecule has 0 saturated heterocycles. The van der Waals surface area contributed by atoms with E-state index in [1.807, 2.05) is 0 Å². The lowest BCUT2D eigenvalue weighted by Crippen LogP contribution is -2.09. The van der Waals surface area contributed by atoms with Crippen LogP contribution in [0.4, 0.5) is 24.8 Å². The van der Waals surface area contributed by atoms with E-state index in [1.165, 1.54) is 23.0 Å². The summed E-state index contributed by atoms with van der Waals surface area (Å²) in [6, 6.07) is 8.99. The van der Waals surface area contributed by atoms with Crippen LogP contribution in [0.5, 0.6) is 0 Å². The van der Waals surface area contributed by atoms with E-state index >= 15 is 0 Å². The zero-order valence-corrected chi connectivity index (χ0v) is 14.1. The summed E-state index contributed by atoms with van der Waals surface area (Å²) in [5.41, 5.74) is -0.595. The number of hydrogen-bond donors (Lipinski definition) is 1. The summed E-state index contributed by atoms with van der Waals surface area (Å²) in [5.74, 6) is 0.283. The van der Waals surface area contributed by atoms with Gasteiger partial charge in [-0.3, -0.25) is 4.98 Å². The number of nitrogens with zero attached hydrogens (tertiary/aromatic N) is 6. The van der Waals surface area contributed by atoms with E-state index in [0.29, 0.717) is 10.7 Å². The van der Waals surface area contributed by atoms with E-state index in [-0.39, 0.29) is 23.1 Å². The highest BCUT2D eigenvalue weighted by Gasteiger charge is 2.34. The predicted octanol–water partition coefficient (Wildman–Crippen LogP) is 4.00. The van der Waals surface area contributed by atoms with Crippen molar-refractivity contribution < 1.29 is 13.2 Å². The van der Waals surface area contributed by atoms with Crippen LogP contribution < -0.4 is 5.32 Å². The molecule has 0 aliphatic rings. The summed E-state index contributed by atoms with van der Waals surface area (Å²) < 4.78 is 40.8. The lowest BCUT2D eigenvalue weighted by molar-refractivity contribution is -0.137. The van der Waals surface area contributed by atoms with Crippen LogP contribution in [-0.2, 0) is 6.18 Å². The first-order valence-electron chi connectivity index (χ1n) is 7.55.